The second kappa shape index (κ2) is 15.8. The Bertz CT molecular complexity index is 706. The Labute approximate surface area is 181 Å². The molecule has 0 bridgehead atoms. The number of hydrogen-bond acceptors (Lipinski definition) is 3. The van der Waals surface area contributed by atoms with Crippen molar-refractivity contribution in [3.05, 3.63) is 70.2 Å². The molecule has 0 aliphatic carbocycles. The second-order valence-corrected chi connectivity index (χ2v) is 7.45. The summed E-state index contributed by atoms with van der Waals surface area (Å²) in [5.74, 6) is 0.116. The summed E-state index contributed by atoms with van der Waals surface area (Å²) in [5.41, 5.74) is 2.86. The molecule has 0 heterocycles. The fourth-order valence-corrected chi connectivity index (χ4v) is 2.94. The van der Waals surface area contributed by atoms with Gasteiger partial charge in [0, 0.05) is 11.4 Å². The van der Waals surface area contributed by atoms with Crippen molar-refractivity contribution in [2.45, 2.75) is 66.2 Å². The van der Waals surface area contributed by atoms with Crippen LogP contribution >= 0.6 is 11.6 Å². The number of esters is 1. The highest BCUT2D eigenvalue weighted by Gasteiger charge is 2.14. The van der Waals surface area contributed by atoms with E-state index in [0.29, 0.717) is 12.0 Å². The van der Waals surface area contributed by atoms with E-state index in [4.69, 9.17) is 11.6 Å². The third-order valence-electron chi connectivity index (χ3n) is 3.95. The first-order valence-electron chi connectivity index (χ1n) is 10.2. The van der Waals surface area contributed by atoms with Crippen molar-refractivity contribution in [2.75, 3.05) is 7.11 Å². The number of benzene rings is 2. The minimum atomic E-state index is -0.333. The molecular weight excluding hydrogens is 384 g/mol. The van der Waals surface area contributed by atoms with Gasteiger partial charge in [0.25, 0.3) is 0 Å². The Morgan fingerprint density at radius 3 is 2.00 bits per heavy atom. The van der Waals surface area contributed by atoms with Crippen LogP contribution in [-0.2, 0) is 9.53 Å². The van der Waals surface area contributed by atoms with E-state index in [1.807, 2.05) is 43.3 Å². The van der Waals surface area contributed by atoms with E-state index < -0.39 is 0 Å². The van der Waals surface area contributed by atoms with Gasteiger partial charge in [-0.15, -0.1) is 0 Å². The molecule has 0 spiro atoms. The maximum absolute atomic E-state index is 11.3. The Morgan fingerprint density at radius 2 is 1.62 bits per heavy atom. The lowest BCUT2D eigenvalue weighted by Gasteiger charge is -2.15. The molecule has 2 rings (SSSR count). The van der Waals surface area contributed by atoms with Gasteiger partial charge in [-0.3, -0.25) is 0 Å². The molecule has 0 radical (unpaired) electrons. The molecule has 0 N–H and O–H groups in total. The van der Waals surface area contributed by atoms with Crippen LogP contribution in [0.15, 0.2) is 48.5 Å². The summed E-state index contributed by atoms with van der Waals surface area (Å²) < 4.78 is 4.66. The molecule has 29 heavy (non-hydrogen) atoms. The topological polar surface area (TPSA) is 43.4 Å². The monoisotopic (exact) mass is 418 g/mol. The molecule has 0 fully saturated rings. The van der Waals surface area contributed by atoms with Gasteiger partial charge in [0.15, 0.2) is 0 Å². The summed E-state index contributed by atoms with van der Waals surface area (Å²) in [5, 5.41) is 0.810. The molecule has 3 nitrogen and oxygen atoms in total. The molecule has 0 saturated heterocycles. The maximum Gasteiger partial charge on any atom is 0.337 e. The summed E-state index contributed by atoms with van der Waals surface area (Å²) in [6.07, 6.45) is 3.83. The zero-order valence-corrected chi connectivity index (χ0v) is 19.4. The average molecular weight is 419 g/mol. The van der Waals surface area contributed by atoms with Gasteiger partial charge in [-0.25, -0.2) is 4.79 Å². The average Bonchev–Trinajstić information content (AvgIpc) is 2.68. The largest absolute Gasteiger partial charge is 0.465 e. The van der Waals surface area contributed by atoms with E-state index in [9.17, 15) is 9.59 Å². The first-order valence-corrected chi connectivity index (χ1v) is 10.6. The molecule has 2 aromatic carbocycles. The van der Waals surface area contributed by atoms with Gasteiger partial charge in [0.2, 0.25) is 0 Å². The van der Waals surface area contributed by atoms with Crippen molar-refractivity contribution >= 4 is 23.4 Å². The molecule has 2 aromatic rings. The van der Waals surface area contributed by atoms with Gasteiger partial charge >= 0.3 is 5.97 Å². The molecule has 160 valence electrons. The number of aryl methyl sites for hydroxylation is 1. The minimum Gasteiger partial charge on any atom is -0.465 e. The molecular formula is C25H35ClO3. The Kier molecular flexibility index (Phi) is 14.6. The first kappa shape index (κ1) is 26.9. The molecule has 0 aromatic heterocycles. The highest BCUT2D eigenvalue weighted by atomic mass is 35.5. The van der Waals surface area contributed by atoms with Crippen LogP contribution in [0.3, 0.4) is 0 Å². The van der Waals surface area contributed by atoms with E-state index in [0.717, 1.165) is 23.4 Å². The van der Waals surface area contributed by atoms with Gasteiger partial charge in [0.1, 0.15) is 5.78 Å². The first-order chi connectivity index (χ1) is 13.8. The number of ether oxygens (including phenoxy) is 1. The summed E-state index contributed by atoms with van der Waals surface area (Å²) in [4.78, 5) is 22.6. The van der Waals surface area contributed by atoms with Gasteiger partial charge in [-0.2, -0.15) is 0 Å². The lowest BCUT2D eigenvalue weighted by Crippen LogP contribution is -2.06. The molecule has 4 heteroatoms. The van der Waals surface area contributed by atoms with Crippen LogP contribution < -0.4 is 0 Å². The number of hydrogen-bond donors (Lipinski definition) is 0. The number of Topliss-reactive ketones (excluding diaryl/α,β-unsaturated/α-hetero) is 1. The van der Waals surface area contributed by atoms with E-state index in [-0.39, 0.29) is 17.7 Å². The van der Waals surface area contributed by atoms with Crippen molar-refractivity contribution < 1.29 is 14.3 Å². The number of halogens is 1. The predicted molar refractivity (Wildman–Crippen MR) is 123 cm³/mol. The fraction of sp³-hybridized carbons (Fsp3) is 0.440. The highest BCUT2D eigenvalue weighted by molar-refractivity contribution is 6.30. The molecule has 0 saturated carbocycles. The van der Waals surface area contributed by atoms with Crippen molar-refractivity contribution in [1.82, 2.24) is 0 Å². The molecule has 0 aliphatic rings. The van der Waals surface area contributed by atoms with Crippen LogP contribution in [0.1, 0.15) is 80.8 Å². The molecule has 1 unspecified atom stereocenters. The Morgan fingerprint density at radius 1 is 1.03 bits per heavy atom. The van der Waals surface area contributed by atoms with Crippen LogP contribution in [0, 0.1) is 6.92 Å². The standard InChI is InChI=1S/C15H20O3.C7H7Cl.C3H8/c1-4-5-14(10-11(2)16)12-6-8-13(9-7-12)15(17)18-3;1-6-3-2-4-7(8)5-6;1-3-2/h6-9,14H,4-5,10H2,1-3H3;2-5H,1H3;3H2,1-2H3. The molecule has 1 atom stereocenters. The Balaban J connectivity index is 0.000000586. The van der Waals surface area contributed by atoms with E-state index in [1.54, 1.807) is 19.1 Å². The van der Waals surface area contributed by atoms with Crippen LogP contribution in [0.4, 0.5) is 0 Å². The number of carbonyl (C=O) groups excluding carboxylic acids is 2. The zero-order chi connectivity index (χ0) is 22.2. The minimum absolute atomic E-state index is 0.200. The quantitative estimate of drug-likeness (QED) is 0.459. The van der Waals surface area contributed by atoms with E-state index in [1.165, 1.54) is 19.1 Å². The number of rotatable bonds is 6. The molecule has 0 amide bonds. The number of methoxy groups -OCH3 is 1. The van der Waals surface area contributed by atoms with Crippen LogP contribution in [0.25, 0.3) is 0 Å². The SMILES string of the molecule is CCC.CCCC(CC(C)=O)c1ccc(C(=O)OC)cc1.Cc1cccc(Cl)c1. The van der Waals surface area contributed by atoms with Crippen LogP contribution in [0.5, 0.6) is 0 Å². The lowest BCUT2D eigenvalue weighted by atomic mass is 9.89. The summed E-state index contributed by atoms with van der Waals surface area (Å²) in [6.45, 7) is 9.99. The van der Waals surface area contributed by atoms with Crippen molar-refractivity contribution in [1.29, 1.82) is 0 Å². The third-order valence-corrected chi connectivity index (χ3v) is 4.19. The molecule has 0 aliphatic heterocycles. The normalized spacial score (nSPS) is 10.6. The van der Waals surface area contributed by atoms with E-state index >= 15 is 0 Å². The fourth-order valence-electron chi connectivity index (χ4n) is 2.70. The number of ketones is 1. The smallest absolute Gasteiger partial charge is 0.337 e. The number of carbonyl (C=O) groups is 2. The summed E-state index contributed by atoms with van der Waals surface area (Å²) in [7, 11) is 1.37. The van der Waals surface area contributed by atoms with E-state index in [2.05, 4.69) is 25.5 Å². The van der Waals surface area contributed by atoms with Gasteiger partial charge < -0.3 is 9.53 Å². The van der Waals surface area contributed by atoms with Crippen molar-refractivity contribution in [3.8, 4) is 0 Å². The van der Waals surface area contributed by atoms with Gasteiger partial charge in [-0.05, 0) is 61.6 Å². The highest BCUT2D eigenvalue weighted by Crippen LogP contribution is 2.25. The predicted octanol–water partition coefficient (Wildman–Crippen LogP) is 7.40. The van der Waals surface area contributed by atoms with Crippen LogP contribution in [0.2, 0.25) is 5.02 Å². The zero-order valence-electron chi connectivity index (χ0n) is 18.6. The van der Waals surface area contributed by atoms with Gasteiger partial charge in [0.05, 0.1) is 12.7 Å². The summed E-state index contributed by atoms with van der Waals surface area (Å²) >= 11 is 5.64. The third kappa shape index (κ3) is 12.1. The van der Waals surface area contributed by atoms with Crippen LogP contribution in [-0.4, -0.2) is 18.9 Å². The lowest BCUT2D eigenvalue weighted by molar-refractivity contribution is -0.117. The van der Waals surface area contributed by atoms with Gasteiger partial charge in [-0.1, -0.05) is 69.5 Å². The maximum atomic E-state index is 11.3. The Hall–Kier alpha value is -2.13. The summed E-state index contributed by atoms with van der Waals surface area (Å²) in [6, 6.07) is 15.1. The van der Waals surface area contributed by atoms with Crippen molar-refractivity contribution in [2.24, 2.45) is 0 Å². The van der Waals surface area contributed by atoms with Crippen molar-refractivity contribution in [3.63, 3.8) is 0 Å². The second-order valence-electron chi connectivity index (χ2n) is 7.01.